The molecule has 3 aromatic rings. The van der Waals surface area contributed by atoms with E-state index in [1.54, 1.807) is 23.0 Å². The molecule has 3 N–H and O–H groups in total. The lowest BCUT2D eigenvalue weighted by atomic mass is 10.0. The second-order valence-electron chi connectivity index (χ2n) is 5.00. The van der Waals surface area contributed by atoms with Crippen LogP contribution in [0.4, 0.5) is 16.0 Å². The monoisotopic (exact) mass is 332 g/mol. The predicted octanol–water partition coefficient (Wildman–Crippen LogP) is 2.79. The van der Waals surface area contributed by atoms with Crippen molar-refractivity contribution in [2.24, 2.45) is 7.05 Å². The molecule has 0 saturated carbocycles. The van der Waals surface area contributed by atoms with Gasteiger partial charge in [0.15, 0.2) is 5.82 Å². The summed E-state index contributed by atoms with van der Waals surface area (Å²) < 4.78 is 14.9. The summed E-state index contributed by atoms with van der Waals surface area (Å²) in [6, 6.07) is 5.87. The number of nitrogens with one attached hydrogen (secondary N) is 1. The van der Waals surface area contributed by atoms with Gasteiger partial charge >= 0.3 is 0 Å². The quantitative estimate of drug-likeness (QED) is 0.767. The first kappa shape index (κ1) is 15.2. The second kappa shape index (κ2) is 6.21. The Morgan fingerprint density at radius 1 is 1.22 bits per heavy atom. The second-order valence-corrected chi connectivity index (χ2v) is 5.38. The summed E-state index contributed by atoms with van der Waals surface area (Å²) >= 11 is 6.15. The van der Waals surface area contributed by atoms with Gasteiger partial charge in [0.2, 0.25) is 0 Å². The molecule has 0 aliphatic carbocycles. The van der Waals surface area contributed by atoms with Crippen molar-refractivity contribution in [3.05, 3.63) is 65.0 Å². The minimum absolute atomic E-state index is 0.188. The molecule has 0 unspecified atom stereocenters. The van der Waals surface area contributed by atoms with Crippen LogP contribution in [0.2, 0.25) is 5.02 Å². The number of anilines is 2. The van der Waals surface area contributed by atoms with Gasteiger partial charge in [0.25, 0.3) is 0 Å². The zero-order valence-electron chi connectivity index (χ0n) is 12.2. The van der Waals surface area contributed by atoms with Crippen molar-refractivity contribution < 1.29 is 4.39 Å². The largest absolute Gasteiger partial charge is 0.382 e. The Labute approximate surface area is 137 Å². The summed E-state index contributed by atoms with van der Waals surface area (Å²) in [7, 11) is 1.82. The summed E-state index contributed by atoms with van der Waals surface area (Å²) in [6.45, 7) is 0. The fourth-order valence-electron chi connectivity index (χ4n) is 2.22. The van der Waals surface area contributed by atoms with Gasteiger partial charge in [-0.15, -0.1) is 0 Å². The lowest BCUT2D eigenvalue weighted by Crippen LogP contribution is -2.14. The lowest BCUT2D eigenvalue weighted by Gasteiger charge is -2.19. The molecule has 8 heteroatoms. The number of nitrogen functional groups attached to an aromatic ring is 1. The van der Waals surface area contributed by atoms with Crippen molar-refractivity contribution in [2.45, 2.75) is 6.04 Å². The molecule has 0 radical (unpaired) electrons. The Bertz CT molecular complexity index is 817. The van der Waals surface area contributed by atoms with Crippen LogP contribution in [0.15, 0.2) is 43.0 Å². The molecule has 0 aliphatic heterocycles. The number of nitrogens with zero attached hydrogens (tertiary/aromatic N) is 4. The molecule has 0 bridgehead atoms. The van der Waals surface area contributed by atoms with Gasteiger partial charge in [-0.1, -0.05) is 23.7 Å². The highest BCUT2D eigenvalue weighted by Crippen LogP contribution is 2.30. The maximum Gasteiger partial charge on any atom is 0.151 e. The van der Waals surface area contributed by atoms with Crippen LogP contribution < -0.4 is 11.1 Å². The van der Waals surface area contributed by atoms with E-state index in [0.29, 0.717) is 5.82 Å². The van der Waals surface area contributed by atoms with E-state index >= 15 is 0 Å². The number of hydrogen-bond acceptors (Lipinski definition) is 5. The van der Waals surface area contributed by atoms with Crippen molar-refractivity contribution in [1.82, 2.24) is 19.7 Å². The van der Waals surface area contributed by atoms with Crippen molar-refractivity contribution >= 4 is 23.2 Å². The predicted molar refractivity (Wildman–Crippen MR) is 86.5 cm³/mol. The topological polar surface area (TPSA) is 81.7 Å². The Morgan fingerprint density at radius 3 is 2.61 bits per heavy atom. The smallest absolute Gasteiger partial charge is 0.151 e. The third-order valence-corrected chi connectivity index (χ3v) is 3.73. The average Bonchev–Trinajstić information content (AvgIpc) is 2.96. The van der Waals surface area contributed by atoms with Crippen molar-refractivity contribution in [2.75, 3.05) is 11.1 Å². The molecule has 6 nitrogen and oxygen atoms in total. The van der Waals surface area contributed by atoms with Crippen LogP contribution in [0.1, 0.15) is 17.2 Å². The van der Waals surface area contributed by atoms with Gasteiger partial charge in [-0.3, -0.25) is 4.68 Å². The van der Waals surface area contributed by atoms with Crippen LogP contribution in [0.25, 0.3) is 0 Å². The fraction of sp³-hybridized carbons (Fsp3) is 0.133. The first-order valence-corrected chi connectivity index (χ1v) is 7.19. The molecule has 0 amide bonds. The molecule has 2 heterocycles. The molecule has 1 atom stereocenters. The highest BCUT2D eigenvalue weighted by atomic mass is 35.5. The van der Waals surface area contributed by atoms with Crippen LogP contribution in [0.3, 0.4) is 0 Å². The molecule has 118 valence electrons. The average molecular weight is 333 g/mol. The number of aromatic nitrogens is 4. The van der Waals surface area contributed by atoms with Gasteiger partial charge in [-0.25, -0.2) is 14.4 Å². The minimum atomic E-state index is -0.309. The SMILES string of the molecule is Cn1cc([C@H](Nc2ncnc(N)c2Cl)c2ccc(F)cc2)cn1. The Morgan fingerprint density at radius 2 is 1.96 bits per heavy atom. The maximum absolute atomic E-state index is 13.2. The molecule has 0 aliphatic rings. The van der Waals surface area contributed by atoms with Gasteiger partial charge in [0.1, 0.15) is 23.0 Å². The number of hydrogen-bond donors (Lipinski definition) is 2. The third kappa shape index (κ3) is 3.24. The van der Waals surface area contributed by atoms with Crippen molar-refractivity contribution in [3.8, 4) is 0 Å². The third-order valence-electron chi connectivity index (χ3n) is 3.36. The molecule has 2 aromatic heterocycles. The number of aryl methyl sites for hydroxylation is 1. The molecular formula is C15H14ClFN6. The zero-order valence-corrected chi connectivity index (χ0v) is 13.0. The van der Waals surface area contributed by atoms with E-state index in [2.05, 4.69) is 20.4 Å². The molecule has 0 spiro atoms. The lowest BCUT2D eigenvalue weighted by molar-refractivity contribution is 0.626. The zero-order chi connectivity index (χ0) is 16.4. The van der Waals surface area contributed by atoms with Crippen LogP contribution in [0.5, 0.6) is 0 Å². The molecule has 3 rings (SSSR count). The Hall–Kier alpha value is -2.67. The van der Waals surface area contributed by atoms with E-state index in [1.165, 1.54) is 18.5 Å². The first-order valence-electron chi connectivity index (χ1n) is 6.81. The normalized spacial score (nSPS) is 12.1. The number of rotatable bonds is 4. The molecular weight excluding hydrogens is 319 g/mol. The number of benzene rings is 1. The summed E-state index contributed by atoms with van der Waals surface area (Å²) in [5.41, 5.74) is 7.43. The van der Waals surface area contributed by atoms with Crippen molar-refractivity contribution in [1.29, 1.82) is 0 Å². The molecule has 23 heavy (non-hydrogen) atoms. The van der Waals surface area contributed by atoms with E-state index in [-0.39, 0.29) is 22.7 Å². The summed E-state index contributed by atoms with van der Waals surface area (Å²) in [5.74, 6) is 0.286. The number of halogens is 2. The van der Waals surface area contributed by atoms with E-state index in [9.17, 15) is 4.39 Å². The Kier molecular flexibility index (Phi) is 4.12. The Balaban J connectivity index is 2.01. The summed E-state index contributed by atoms with van der Waals surface area (Å²) in [6.07, 6.45) is 4.91. The van der Waals surface area contributed by atoms with E-state index in [4.69, 9.17) is 17.3 Å². The van der Waals surface area contributed by atoms with E-state index < -0.39 is 0 Å². The highest BCUT2D eigenvalue weighted by molar-refractivity contribution is 6.35. The molecule has 1 aromatic carbocycles. The molecule has 0 fully saturated rings. The minimum Gasteiger partial charge on any atom is -0.382 e. The van der Waals surface area contributed by atoms with Gasteiger partial charge < -0.3 is 11.1 Å². The van der Waals surface area contributed by atoms with Crippen molar-refractivity contribution in [3.63, 3.8) is 0 Å². The van der Waals surface area contributed by atoms with Gasteiger partial charge in [0.05, 0.1) is 12.2 Å². The van der Waals surface area contributed by atoms with Crippen LogP contribution in [0, 0.1) is 5.82 Å². The molecule has 0 saturated heterocycles. The van der Waals surface area contributed by atoms with E-state index in [1.807, 2.05) is 13.2 Å². The van der Waals surface area contributed by atoms with Crippen LogP contribution in [-0.4, -0.2) is 19.7 Å². The van der Waals surface area contributed by atoms with Gasteiger partial charge in [-0.05, 0) is 17.7 Å². The van der Waals surface area contributed by atoms with Gasteiger partial charge in [0, 0.05) is 18.8 Å². The van der Waals surface area contributed by atoms with Crippen LogP contribution in [-0.2, 0) is 7.05 Å². The van der Waals surface area contributed by atoms with Crippen LogP contribution >= 0.6 is 11.6 Å². The fourth-order valence-corrected chi connectivity index (χ4v) is 2.38. The highest BCUT2D eigenvalue weighted by Gasteiger charge is 2.18. The van der Waals surface area contributed by atoms with Gasteiger partial charge in [-0.2, -0.15) is 5.10 Å². The van der Waals surface area contributed by atoms with E-state index in [0.717, 1.165) is 11.1 Å². The number of nitrogens with two attached hydrogens (primary N) is 1. The maximum atomic E-state index is 13.2. The first-order chi connectivity index (χ1) is 11.0. The summed E-state index contributed by atoms with van der Waals surface area (Å²) in [5, 5.41) is 7.63. The summed E-state index contributed by atoms with van der Waals surface area (Å²) in [4.78, 5) is 7.96. The standard InChI is InChI=1S/C15H14ClFN6/c1-23-7-10(6-21-23)13(9-2-4-11(17)5-3-9)22-15-12(16)14(18)19-8-20-15/h2-8,13H,1H3,(H3,18,19,20,22)/t13-/m1/s1.